The Kier molecular flexibility index (Phi) is 41.3. The molecule has 0 heterocycles. The summed E-state index contributed by atoms with van der Waals surface area (Å²) >= 11 is 0. The number of allylic oxidation sites excluding steroid dienone is 6. The van der Waals surface area contributed by atoms with Gasteiger partial charge in [-0.2, -0.15) is 0 Å². The van der Waals surface area contributed by atoms with Gasteiger partial charge in [0.15, 0.2) is 0 Å². The number of phosphoric ester groups is 1. The smallest absolute Gasteiger partial charge is 0.457 e. The van der Waals surface area contributed by atoms with E-state index < -0.39 is 63.1 Å². The summed E-state index contributed by atoms with van der Waals surface area (Å²) in [6, 6.07) is 0. The highest BCUT2D eigenvalue weighted by Gasteiger charge is 2.51. The van der Waals surface area contributed by atoms with Crippen LogP contribution in [0.25, 0.3) is 0 Å². The van der Waals surface area contributed by atoms with Crippen LogP contribution in [0.4, 0.5) is 0 Å². The second-order valence-corrected chi connectivity index (χ2v) is 20.1. The van der Waals surface area contributed by atoms with Gasteiger partial charge in [0.25, 0.3) is 0 Å². The van der Waals surface area contributed by atoms with Crippen LogP contribution in [0, 0.1) is 0 Å². The van der Waals surface area contributed by atoms with Crippen molar-refractivity contribution in [3.63, 3.8) is 0 Å². The average Bonchev–Trinajstić information content (AvgIpc) is 3.30. The molecule has 1 fully saturated rings. The summed E-state index contributed by atoms with van der Waals surface area (Å²) in [4.78, 5) is 23.3. The van der Waals surface area contributed by atoms with Crippen LogP contribution in [0.3, 0.4) is 0 Å². The van der Waals surface area contributed by atoms with Gasteiger partial charge in [0.1, 0.15) is 42.7 Å². The summed E-state index contributed by atoms with van der Waals surface area (Å²) < 4.78 is 34.3. The molecule has 1 saturated carbocycles. The van der Waals surface area contributed by atoms with E-state index in [0.717, 1.165) is 51.4 Å². The molecule has 0 aromatic heterocycles. The molecule has 0 spiro atoms. The minimum absolute atomic E-state index is 0.0790. The van der Waals surface area contributed by atoms with Crippen molar-refractivity contribution in [3.05, 3.63) is 36.5 Å². The third-order valence-electron chi connectivity index (χ3n) is 12.5. The molecule has 0 aliphatic heterocycles. The Bertz CT molecular complexity index is 1230. The van der Waals surface area contributed by atoms with E-state index >= 15 is 0 Å². The third-order valence-corrected chi connectivity index (χ3v) is 13.5. The van der Waals surface area contributed by atoms with Crippen LogP contribution in [-0.4, -0.2) is 98.9 Å². The topological polar surface area (TPSA) is 192 Å². The van der Waals surface area contributed by atoms with Gasteiger partial charge >= 0.3 is 13.8 Å². The maximum Gasteiger partial charge on any atom is 0.472 e. The Morgan fingerprint density at radius 1 is 0.485 bits per heavy atom. The number of carbonyl (C=O) groups is 1. The predicted octanol–water partition coefficient (Wildman–Crippen LogP) is 12.2. The molecule has 1 aliphatic carbocycles. The van der Waals surface area contributed by atoms with E-state index in [-0.39, 0.29) is 13.0 Å². The van der Waals surface area contributed by atoms with E-state index in [4.69, 9.17) is 18.5 Å². The number of hydrogen-bond donors (Lipinski definition) is 6. The number of aliphatic hydroxyl groups is 5. The Morgan fingerprint density at radius 2 is 0.848 bits per heavy atom. The lowest BCUT2D eigenvalue weighted by Crippen LogP contribution is -2.64. The Balaban J connectivity index is 2.32. The first-order valence-electron chi connectivity index (χ1n) is 26.8. The van der Waals surface area contributed by atoms with Crippen molar-refractivity contribution in [1.29, 1.82) is 0 Å². The number of esters is 1. The molecule has 0 aromatic rings. The Labute approximate surface area is 402 Å². The largest absolute Gasteiger partial charge is 0.472 e. The number of rotatable bonds is 46. The maximum atomic E-state index is 12.9. The van der Waals surface area contributed by atoms with Crippen molar-refractivity contribution in [2.24, 2.45) is 0 Å². The van der Waals surface area contributed by atoms with E-state index in [1.165, 1.54) is 154 Å². The fraction of sp³-hybridized carbons (Fsp3) is 0.868. The fourth-order valence-electron chi connectivity index (χ4n) is 8.21. The summed E-state index contributed by atoms with van der Waals surface area (Å²) in [6.07, 6.45) is 40.6. The summed E-state index contributed by atoms with van der Waals surface area (Å²) in [6.45, 7) is 4.26. The highest BCUT2D eigenvalue weighted by atomic mass is 31.2. The van der Waals surface area contributed by atoms with E-state index in [0.29, 0.717) is 13.0 Å². The monoisotopic (exact) mass is 959 g/mol. The number of hydrogen-bond acceptors (Lipinski definition) is 11. The normalized spacial score (nSPS) is 21.6. The van der Waals surface area contributed by atoms with Gasteiger partial charge in [-0.1, -0.05) is 192 Å². The van der Waals surface area contributed by atoms with Gasteiger partial charge in [-0.05, 0) is 70.6 Å². The number of unbranched alkanes of at least 4 members (excludes halogenated alkanes) is 28. The highest BCUT2D eigenvalue weighted by molar-refractivity contribution is 7.47. The van der Waals surface area contributed by atoms with Gasteiger partial charge in [0.05, 0.1) is 13.2 Å². The van der Waals surface area contributed by atoms with E-state index in [2.05, 4.69) is 50.3 Å². The van der Waals surface area contributed by atoms with Crippen molar-refractivity contribution in [1.82, 2.24) is 0 Å². The van der Waals surface area contributed by atoms with E-state index in [1.807, 2.05) is 0 Å². The minimum Gasteiger partial charge on any atom is -0.457 e. The zero-order valence-electron chi connectivity index (χ0n) is 41.7. The standard InChI is InChI=1S/C53H99O12P/c1-3-5-7-9-11-13-15-17-19-21-22-23-24-25-27-29-31-33-35-37-39-41-43-62-44-46(45-63-66(60,61)65-53-51(58)49(56)48(55)50(57)52(53)59)64-47(54)42-40-38-36-34-32-30-28-26-20-18-16-14-12-10-8-6-4-2/h15,17-18,20-22,46,48-53,55-59H,3-14,16,19,23-45H2,1-2H3,(H,60,61)/b17-15-,20-18-,22-21-. The van der Waals surface area contributed by atoms with E-state index in [9.17, 15) is 39.8 Å². The summed E-state index contributed by atoms with van der Waals surface area (Å²) in [5, 5.41) is 50.3. The molecule has 6 unspecified atom stereocenters. The van der Waals surface area contributed by atoms with Gasteiger partial charge in [-0.3, -0.25) is 13.8 Å². The van der Waals surface area contributed by atoms with Crippen LogP contribution in [0.15, 0.2) is 36.5 Å². The molecule has 0 bridgehead atoms. The molecule has 13 heteroatoms. The molecule has 1 rings (SSSR count). The lowest BCUT2D eigenvalue weighted by atomic mass is 9.85. The van der Waals surface area contributed by atoms with Gasteiger partial charge in [0, 0.05) is 13.0 Å². The Morgan fingerprint density at radius 3 is 1.29 bits per heavy atom. The maximum absolute atomic E-state index is 12.9. The van der Waals surface area contributed by atoms with Gasteiger partial charge < -0.3 is 39.9 Å². The quantitative estimate of drug-likeness (QED) is 0.0147. The predicted molar refractivity (Wildman–Crippen MR) is 267 cm³/mol. The minimum atomic E-state index is -5.02. The van der Waals surface area contributed by atoms with Crippen LogP contribution in [0.1, 0.15) is 232 Å². The van der Waals surface area contributed by atoms with Crippen LogP contribution in [0.2, 0.25) is 0 Å². The molecule has 6 atom stereocenters. The molecule has 1 aliphatic rings. The van der Waals surface area contributed by atoms with Crippen molar-refractivity contribution in [3.8, 4) is 0 Å². The highest BCUT2D eigenvalue weighted by Crippen LogP contribution is 2.47. The molecule has 0 amide bonds. The molecule has 0 aromatic carbocycles. The van der Waals surface area contributed by atoms with Crippen molar-refractivity contribution in [2.45, 2.75) is 275 Å². The molecule has 66 heavy (non-hydrogen) atoms. The molecular formula is C53H99O12P. The summed E-state index contributed by atoms with van der Waals surface area (Å²) in [5.41, 5.74) is 0. The summed E-state index contributed by atoms with van der Waals surface area (Å²) in [7, 11) is -5.02. The van der Waals surface area contributed by atoms with Crippen LogP contribution >= 0.6 is 7.82 Å². The fourth-order valence-corrected chi connectivity index (χ4v) is 9.18. The first-order valence-corrected chi connectivity index (χ1v) is 28.3. The Hall–Kier alpha value is -1.44. The first kappa shape index (κ1) is 62.6. The van der Waals surface area contributed by atoms with Crippen molar-refractivity contribution in [2.75, 3.05) is 19.8 Å². The number of carbonyl (C=O) groups excluding carboxylic acids is 1. The van der Waals surface area contributed by atoms with Crippen LogP contribution in [-0.2, 0) is 27.9 Å². The third kappa shape index (κ3) is 34.8. The molecule has 0 radical (unpaired) electrons. The zero-order chi connectivity index (χ0) is 48.4. The second kappa shape index (κ2) is 43.6. The molecule has 12 nitrogen and oxygen atoms in total. The average molecular weight is 959 g/mol. The van der Waals surface area contributed by atoms with Gasteiger partial charge in [-0.25, -0.2) is 4.57 Å². The second-order valence-electron chi connectivity index (χ2n) is 18.7. The SMILES string of the molecule is CCCCCCC/C=C\C/C=C\CCCCCCCCCCCCOCC(COP(=O)(O)OC1C(O)C(O)C(O)C(O)C1O)OC(=O)CCCCCCCCC/C=C\CCCCCCCC. The summed E-state index contributed by atoms with van der Waals surface area (Å²) in [5.74, 6) is -0.481. The van der Waals surface area contributed by atoms with Gasteiger partial charge in [-0.15, -0.1) is 0 Å². The lowest BCUT2D eigenvalue weighted by Gasteiger charge is -2.41. The van der Waals surface area contributed by atoms with Crippen molar-refractivity contribution >= 4 is 13.8 Å². The van der Waals surface area contributed by atoms with Crippen molar-refractivity contribution < 1.29 is 58.3 Å². The van der Waals surface area contributed by atoms with Gasteiger partial charge in [0.2, 0.25) is 0 Å². The number of ether oxygens (including phenoxy) is 2. The van der Waals surface area contributed by atoms with E-state index in [1.54, 1.807) is 0 Å². The lowest BCUT2D eigenvalue weighted by molar-refractivity contribution is -0.220. The van der Waals surface area contributed by atoms with Crippen LogP contribution in [0.5, 0.6) is 0 Å². The molecule has 0 saturated heterocycles. The zero-order valence-corrected chi connectivity index (χ0v) is 42.6. The van der Waals surface area contributed by atoms with Crippen LogP contribution < -0.4 is 0 Å². The number of phosphoric acid groups is 1. The first-order chi connectivity index (χ1) is 32.0. The molecular weight excluding hydrogens is 860 g/mol. The number of aliphatic hydroxyl groups excluding tert-OH is 5. The molecule has 6 N–H and O–H groups in total. The molecule has 388 valence electrons.